The van der Waals surface area contributed by atoms with Gasteiger partial charge in [-0.3, -0.25) is 0 Å². The van der Waals surface area contributed by atoms with Gasteiger partial charge in [-0.05, 0) is 24.3 Å². The van der Waals surface area contributed by atoms with Crippen molar-refractivity contribution in [3.05, 3.63) is 36.9 Å². The molecule has 8 heteroatoms. The van der Waals surface area contributed by atoms with Gasteiger partial charge in [-0.1, -0.05) is 0 Å². The Morgan fingerprint density at radius 3 is 2.73 bits per heavy atom. The number of aromatic nitrogens is 4. The van der Waals surface area contributed by atoms with E-state index in [-0.39, 0.29) is 0 Å². The molecule has 1 aliphatic rings. The van der Waals surface area contributed by atoms with Crippen LogP contribution in [0.3, 0.4) is 0 Å². The molecule has 0 radical (unpaired) electrons. The van der Waals surface area contributed by atoms with Gasteiger partial charge in [0.25, 0.3) is 0 Å². The van der Waals surface area contributed by atoms with Gasteiger partial charge in [0.15, 0.2) is 11.5 Å². The topological polar surface area (TPSA) is 83.4 Å². The number of benzene rings is 1. The minimum atomic E-state index is 0.697. The van der Waals surface area contributed by atoms with E-state index >= 15 is 0 Å². The van der Waals surface area contributed by atoms with Crippen molar-refractivity contribution in [3.63, 3.8) is 0 Å². The van der Waals surface area contributed by atoms with Crippen molar-refractivity contribution < 1.29 is 9.64 Å². The zero-order valence-corrected chi connectivity index (χ0v) is 14.9. The Morgan fingerprint density at radius 2 is 1.96 bits per heavy atom. The molecule has 1 aromatic carbocycles. The normalized spacial score (nSPS) is 15.3. The summed E-state index contributed by atoms with van der Waals surface area (Å²) in [5, 5.41) is 3.41. The van der Waals surface area contributed by atoms with E-state index in [1.807, 2.05) is 12.1 Å². The number of nitrogens with one attached hydrogen (secondary N) is 3. The van der Waals surface area contributed by atoms with E-state index in [1.54, 1.807) is 24.7 Å². The summed E-state index contributed by atoms with van der Waals surface area (Å²) in [6.07, 6.45) is 3.19. The first-order valence-corrected chi connectivity index (χ1v) is 8.94. The average molecular weight is 354 g/mol. The van der Waals surface area contributed by atoms with E-state index in [0.717, 1.165) is 56.4 Å². The lowest BCUT2D eigenvalue weighted by atomic mass is 10.2. The number of hydrogen-bond donors (Lipinski definition) is 3. The summed E-state index contributed by atoms with van der Waals surface area (Å²) in [5.74, 6) is 1.73. The van der Waals surface area contributed by atoms with Gasteiger partial charge in [-0.15, -0.1) is 0 Å². The highest BCUT2D eigenvalue weighted by atomic mass is 16.5. The van der Waals surface area contributed by atoms with Crippen molar-refractivity contribution in [2.45, 2.75) is 0 Å². The van der Waals surface area contributed by atoms with E-state index in [4.69, 9.17) is 4.74 Å². The van der Waals surface area contributed by atoms with Crippen LogP contribution in [0.2, 0.25) is 0 Å². The Kier molecular flexibility index (Phi) is 4.83. The van der Waals surface area contributed by atoms with Crippen LogP contribution in [0.5, 0.6) is 5.75 Å². The number of hydrogen-bond acceptors (Lipinski definition) is 6. The van der Waals surface area contributed by atoms with Crippen molar-refractivity contribution >= 4 is 22.7 Å². The van der Waals surface area contributed by atoms with Gasteiger partial charge in [-0.25, -0.2) is 15.0 Å². The second-order valence-electron chi connectivity index (χ2n) is 6.44. The Balaban J connectivity index is 1.25. The molecule has 0 unspecified atom stereocenters. The molecular formula is C18H24N7O+. The van der Waals surface area contributed by atoms with E-state index in [0.29, 0.717) is 5.65 Å². The van der Waals surface area contributed by atoms with Gasteiger partial charge in [0, 0.05) is 5.69 Å². The fourth-order valence-electron chi connectivity index (χ4n) is 3.38. The summed E-state index contributed by atoms with van der Waals surface area (Å²) < 4.78 is 5.23. The largest absolute Gasteiger partial charge is 0.497 e. The minimum absolute atomic E-state index is 0.697. The van der Waals surface area contributed by atoms with Crippen molar-refractivity contribution in [1.29, 1.82) is 0 Å². The number of quaternary nitrogens is 1. The quantitative estimate of drug-likeness (QED) is 0.586. The first-order valence-electron chi connectivity index (χ1n) is 8.94. The molecule has 3 aromatic rings. The van der Waals surface area contributed by atoms with Gasteiger partial charge in [0.05, 0.1) is 52.7 Å². The Hall–Kier alpha value is -2.87. The molecule has 0 spiro atoms. The number of imidazole rings is 1. The molecule has 0 aliphatic carbocycles. The van der Waals surface area contributed by atoms with Crippen molar-refractivity contribution in [2.24, 2.45) is 0 Å². The third-order valence-corrected chi connectivity index (χ3v) is 4.90. The van der Waals surface area contributed by atoms with Crippen LogP contribution in [0.4, 0.5) is 11.5 Å². The number of anilines is 2. The standard InChI is InChI=1S/C18H23N7O/c1-26-15-4-2-14(3-5-15)25-10-8-24(9-11-25)7-6-19-17-16-18(21-12-20-16)23-13-22-17/h2-5,12-13H,6-11H2,1H3,(H2,19,20,21,22,23)/p+1. The van der Waals surface area contributed by atoms with Gasteiger partial charge in [-0.2, -0.15) is 0 Å². The third-order valence-electron chi connectivity index (χ3n) is 4.90. The summed E-state index contributed by atoms with van der Waals surface area (Å²) in [4.78, 5) is 19.7. The smallest absolute Gasteiger partial charge is 0.182 e. The molecule has 0 saturated carbocycles. The number of H-pyrrole nitrogens is 1. The summed E-state index contributed by atoms with van der Waals surface area (Å²) in [6.45, 7) is 6.35. The highest BCUT2D eigenvalue weighted by molar-refractivity contribution is 5.81. The number of methoxy groups -OCH3 is 1. The molecule has 1 saturated heterocycles. The molecular weight excluding hydrogens is 330 g/mol. The van der Waals surface area contributed by atoms with Crippen LogP contribution in [0, 0.1) is 0 Å². The molecule has 136 valence electrons. The van der Waals surface area contributed by atoms with E-state index in [2.05, 4.69) is 42.3 Å². The lowest BCUT2D eigenvalue weighted by Crippen LogP contribution is -3.15. The maximum atomic E-state index is 5.23. The van der Waals surface area contributed by atoms with Crippen molar-refractivity contribution in [3.8, 4) is 5.75 Å². The Labute approximate surface area is 152 Å². The molecule has 0 bridgehead atoms. The van der Waals surface area contributed by atoms with Crippen LogP contribution < -0.4 is 19.9 Å². The van der Waals surface area contributed by atoms with Gasteiger partial charge in [0.2, 0.25) is 0 Å². The van der Waals surface area contributed by atoms with E-state index in [9.17, 15) is 0 Å². The first-order chi connectivity index (χ1) is 12.8. The molecule has 1 fully saturated rings. The molecule has 8 nitrogen and oxygen atoms in total. The van der Waals surface area contributed by atoms with Crippen LogP contribution in [0.1, 0.15) is 0 Å². The predicted molar refractivity (Wildman–Crippen MR) is 101 cm³/mol. The fraction of sp³-hybridized carbons (Fsp3) is 0.389. The lowest BCUT2D eigenvalue weighted by molar-refractivity contribution is -0.898. The highest BCUT2D eigenvalue weighted by Gasteiger charge is 2.20. The first kappa shape index (κ1) is 16.6. The Morgan fingerprint density at radius 1 is 1.15 bits per heavy atom. The molecule has 4 rings (SSSR count). The van der Waals surface area contributed by atoms with Crippen molar-refractivity contribution in [2.75, 3.05) is 56.6 Å². The SMILES string of the molecule is COc1ccc(N2CC[NH+](CCNc3ncnc4nc[nH]c34)CC2)cc1. The maximum Gasteiger partial charge on any atom is 0.182 e. The molecule has 0 amide bonds. The van der Waals surface area contributed by atoms with Crippen molar-refractivity contribution in [1.82, 2.24) is 19.9 Å². The summed E-state index contributed by atoms with van der Waals surface area (Å²) >= 11 is 0. The van der Waals surface area contributed by atoms with Gasteiger partial charge >= 0.3 is 0 Å². The number of fused-ring (bicyclic) bond motifs is 1. The molecule has 2 aromatic heterocycles. The van der Waals surface area contributed by atoms with Crippen LogP contribution in [0.25, 0.3) is 11.2 Å². The van der Waals surface area contributed by atoms with Crippen LogP contribution >= 0.6 is 0 Å². The average Bonchev–Trinajstić information content (AvgIpc) is 3.18. The number of piperazine rings is 1. The number of nitrogens with zero attached hydrogens (tertiary/aromatic N) is 4. The van der Waals surface area contributed by atoms with Gasteiger partial charge < -0.3 is 24.8 Å². The summed E-state index contributed by atoms with van der Waals surface area (Å²) in [5.41, 5.74) is 2.83. The Bertz CT molecular complexity index is 840. The van der Waals surface area contributed by atoms with Crippen LogP contribution in [-0.4, -0.2) is 66.3 Å². The highest BCUT2D eigenvalue weighted by Crippen LogP contribution is 2.19. The lowest BCUT2D eigenvalue weighted by Gasteiger charge is -2.33. The molecule has 26 heavy (non-hydrogen) atoms. The second-order valence-corrected chi connectivity index (χ2v) is 6.44. The third kappa shape index (κ3) is 3.55. The molecule has 0 atom stereocenters. The predicted octanol–water partition coefficient (Wildman–Crippen LogP) is 0.179. The maximum absolute atomic E-state index is 5.23. The zero-order chi connectivity index (χ0) is 17.8. The van der Waals surface area contributed by atoms with Crippen LogP contribution in [-0.2, 0) is 0 Å². The number of ether oxygens (including phenoxy) is 1. The second kappa shape index (κ2) is 7.57. The monoisotopic (exact) mass is 354 g/mol. The van der Waals surface area contributed by atoms with Crippen LogP contribution in [0.15, 0.2) is 36.9 Å². The minimum Gasteiger partial charge on any atom is -0.497 e. The molecule has 3 N–H and O–H groups in total. The summed E-state index contributed by atoms with van der Waals surface area (Å²) in [7, 11) is 1.70. The van der Waals surface area contributed by atoms with E-state index in [1.165, 1.54) is 5.69 Å². The molecule has 1 aliphatic heterocycles. The fourth-order valence-corrected chi connectivity index (χ4v) is 3.38. The number of aromatic amines is 1. The van der Waals surface area contributed by atoms with E-state index < -0.39 is 0 Å². The zero-order valence-electron chi connectivity index (χ0n) is 14.9. The van der Waals surface area contributed by atoms with Gasteiger partial charge in [0.1, 0.15) is 17.6 Å². The molecule has 3 heterocycles. The summed E-state index contributed by atoms with van der Waals surface area (Å²) in [6, 6.07) is 8.32. The number of rotatable bonds is 6.